The molecule has 1 aromatic carbocycles. The first-order valence-corrected chi connectivity index (χ1v) is 8.00. The Morgan fingerprint density at radius 2 is 2.05 bits per heavy atom. The molecule has 1 unspecified atom stereocenters. The van der Waals surface area contributed by atoms with Gasteiger partial charge in [0.2, 0.25) is 0 Å². The van der Waals surface area contributed by atoms with E-state index in [0.29, 0.717) is 5.69 Å². The van der Waals surface area contributed by atoms with Gasteiger partial charge in [0.1, 0.15) is 9.84 Å². The topological polar surface area (TPSA) is 85.1 Å². The molecule has 0 aliphatic carbocycles. The summed E-state index contributed by atoms with van der Waals surface area (Å²) in [5, 5.41) is 4.06. The van der Waals surface area contributed by atoms with Gasteiger partial charge in [0.15, 0.2) is 0 Å². The number of anilines is 2. The van der Waals surface area contributed by atoms with Crippen molar-refractivity contribution in [3.63, 3.8) is 0 Å². The maximum atomic E-state index is 11.3. The first-order chi connectivity index (χ1) is 8.87. The first kappa shape index (κ1) is 13.6. The molecule has 102 valence electrons. The molecule has 0 saturated carbocycles. The van der Waals surface area contributed by atoms with Crippen LogP contribution in [0.1, 0.15) is 6.92 Å². The molecule has 0 spiro atoms. The fourth-order valence-corrected chi connectivity index (χ4v) is 3.05. The minimum absolute atomic E-state index is 0.0586. The summed E-state index contributed by atoms with van der Waals surface area (Å²) in [6, 6.07) is 7.38. The van der Waals surface area contributed by atoms with Gasteiger partial charge in [-0.1, -0.05) is 18.2 Å². The number of sulfone groups is 1. The van der Waals surface area contributed by atoms with Crippen molar-refractivity contribution in [1.82, 2.24) is 4.98 Å². The van der Waals surface area contributed by atoms with Crippen molar-refractivity contribution >= 4 is 32.1 Å². The average Bonchev–Trinajstić information content (AvgIpc) is 2.31. The van der Waals surface area contributed by atoms with E-state index in [9.17, 15) is 8.42 Å². The van der Waals surface area contributed by atoms with Gasteiger partial charge in [-0.15, -0.1) is 0 Å². The number of para-hydroxylation sites is 1. The van der Waals surface area contributed by atoms with E-state index >= 15 is 0 Å². The van der Waals surface area contributed by atoms with Crippen LogP contribution in [0.25, 0.3) is 10.9 Å². The second-order valence-corrected chi connectivity index (χ2v) is 6.93. The van der Waals surface area contributed by atoms with Crippen LogP contribution in [0, 0.1) is 0 Å². The molecule has 1 atom stereocenters. The Bertz CT molecular complexity index is 698. The summed E-state index contributed by atoms with van der Waals surface area (Å²) in [4.78, 5) is 4.24. The molecule has 0 aliphatic heterocycles. The van der Waals surface area contributed by atoms with E-state index in [-0.39, 0.29) is 11.8 Å². The SMILES string of the molecule is CC(CS(C)(=O)=O)Nc1c(N)cnc2ccccc12. The number of pyridine rings is 1. The summed E-state index contributed by atoms with van der Waals surface area (Å²) in [6.45, 7) is 1.82. The summed E-state index contributed by atoms with van der Waals surface area (Å²) in [7, 11) is -3.03. The van der Waals surface area contributed by atoms with Crippen molar-refractivity contribution in [2.45, 2.75) is 13.0 Å². The van der Waals surface area contributed by atoms with Crippen molar-refractivity contribution in [2.24, 2.45) is 0 Å². The zero-order valence-corrected chi connectivity index (χ0v) is 11.7. The second-order valence-electron chi connectivity index (χ2n) is 4.74. The van der Waals surface area contributed by atoms with E-state index in [1.54, 1.807) is 6.20 Å². The molecule has 0 bridgehead atoms. The normalized spacial score (nSPS) is 13.4. The molecule has 0 radical (unpaired) electrons. The first-order valence-electron chi connectivity index (χ1n) is 5.94. The van der Waals surface area contributed by atoms with Crippen LogP contribution < -0.4 is 11.1 Å². The third-order valence-electron chi connectivity index (χ3n) is 2.75. The zero-order valence-electron chi connectivity index (χ0n) is 10.9. The van der Waals surface area contributed by atoms with Gasteiger partial charge in [-0.05, 0) is 13.0 Å². The monoisotopic (exact) mass is 279 g/mol. The van der Waals surface area contributed by atoms with Crippen LogP contribution in [0.4, 0.5) is 11.4 Å². The molecule has 0 aliphatic rings. The summed E-state index contributed by atoms with van der Waals surface area (Å²) < 4.78 is 22.6. The standard InChI is InChI=1S/C13H17N3O2S/c1-9(8-19(2,17)18)16-13-10-5-3-4-6-12(10)15-7-11(13)14/h3-7,9H,8,14H2,1-2H3,(H,15,16). The maximum absolute atomic E-state index is 11.3. The van der Waals surface area contributed by atoms with Gasteiger partial charge in [0.05, 0.1) is 28.8 Å². The van der Waals surface area contributed by atoms with Crippen LogP contribution in [-0.4, -0.2) is 31.5 Å². The number of hydrogen-bond donors (Lipinski definition) is 2. The number of nitrogens with zero attached hydrogens (tertiary/aromatic N) is 1. The molecule has 0 saturated heterocycles. The van der Waals surface area contributed by atoms with Crippen molar-refractivity contribution < 1.29 is 8.42 Å². The fourth-order valence-electron chi connectivity index (χ4n) is 2.06. The van der Waals surface area contributed by atoms with Crippen molar-refractivity contribution in [1.29, 1.82) is 0 Å². The number of nitrogens with one attached hydrogen (secondary N) is 1. The summed E-state index contributed by atoms with van der Waals surface area (Å²) in [6.07, 6.45) is 2.80. The van der Waals surface area contributed by atoms with Crippen molar-refractivity contribution in [2.75, 3.05) is 23.1 Å². The molecule has 3 N–H and O–H groups in total. The lowest BCUT2D eigenvalue weighted by Gasteiger charge is -2.17. The maximum Gasteiger partial charge on any atom is 0.149 e. The van der Waals surface area contributed by atoms with Crippen LogP contribution in [0.2, 0.25) is 0 Å². The highest BCUT2D eigenvalue weighted by atomic mass is 32.2. The zero-order chi connectivity index (χ0) is 14.0. The number of benzene rings is 1. The lowest BCUT2D eigenvalue weighted by molar-refractivity contribution is 0.598. The van der Waals surface area contributed by atoms with E-state index in [1.807, 2.05) is 31.2 Å². The van der Waals surface area contributed by atoms with Crippen LogP contribution in [0.15, 0.2) is 30.5 Å². The van der Waals surface area contributed by atoms with E-state index in [1.165, 1.54) is 6.26 Å². The molecule has 2 rings (SSSR count). The van der Waals surface area contributed by atoms with Gasteiger partial charge in [-0.2, -0.15) is 0 Å². The summed E-state index contributed by atoms with van der Waals surface area (Å²) in [5.41, 5.74) is 8.00. The second kappa shape index (κ2) is 5.05. The van der Waals surface area contributed by atoms with Crippen LogP contribution >= 0.6 is 0 Å². The molecule has 19 heavy (non-hydrogen) atoms. The Hall–Kier alpha value is -1.82. The molecule has 0 amide bonds. The fraction of sp³-hybridized carbons (Fsp3) is 0.308. The number of aromatic nitrogens is 1. The smallest absolute Gasteiger partial charge is 0.149 e. The number of fused-ring (bicyclic) bond motifs is 1. The quantitative estimate of drug-likeness (QED) is 0.889. The van der Waals surface area contributed by atoms with Gasteiger partial charge < -0.3 is 11.1 Å². The van der Waals surface area contributed by atoms with E-state index in [2.05, 4.69) is 10.3 Å². The van der Waals surface area contributed by atoms with E-state index in [4.69, 9.17) is 5.73 Å². The Labute approximate surface area is 112 Å². The van der Waals surface area contributed by atoms with Crippen LogP contribution in [0.5, 0.6) is 0 Å². The predicted molar refractivity (Wildman–Crippen MR) is 79.0 cm³/mol. The molecular formula is C13H17N3O2S. The van der Waals surface area contributed by atoms with Crippen LogP contribution in [0.3, 0.4) is 0 Å². The average molecular weight is 279 g/mol. The Morgan fingerprint density at radius 3 is 2.74 bits per heavy atom. The van der Waals surface area contributed by atoms with Gasteiger partial charge in [-0.3, -0.25) is 4.98 Å². The summed E-state index contributed by atoms with van der Waals surface area (Å²) >= 11 is 0. The molecular weight excluding hydrogens is 262 g/mol. The molecule has 0 fully saturated rings. The predicted octanol–water partition coefficient (Wildman–Crippen LogP) is 1.66. The van der Waals surface area contributed by atoms with Crippen molar-refractivity contribution in [3.8, 4) is 0 Å². The van der Waals surface area contributed by atoms with E-state index in [0.717, 1.165) is 16.6 Å². The minimum Gasteiger partial charge on any atom is -0.396 e. The van der Waals surface area contributed by atoms with Crippen molar-refractivity contribution in [3.05, 3.63) is 30.5 Å². The highest BCUT2D eigenvalue weighted by molar-refractivity contribution is 7.90. The Morgan fingerprint density at radius 1 is 1.37 bits per heavy atom. The van der Waals surface area contributed by atoms with Gasteiger partial charge in [0.25, 0.3) is 0 Å². The summed E-state index contributed by atoms with van der Waals surface area (Å²) in [5.74, 6) is 0.0586. The largest absolute Gasteiger partial charge is 0.396 e. The number of rotatable bonds is 4. The van der Waals surface area contributed by atoms with Crippen LogP contribution in [-0.2, 0) is 9.84 Å². The van der Waals surface area contributed by atoms with Gasteiger partial charge in [-0.25, -0.2) is 8.42 Å². The molecule has 5 nitrogen and oxygen atoms in total. The van der Waals surface area contributed by atoms with Gasteiger partial charge >= 0.3 is 0 Å². The molecule has 1 aromatic heterocycles. The number of hydrogen-bond acceptors (Lipinski definition) is 5. The minimum atomic E-state index is -3.03. The lowest BCUT2D eigenvalue weighted by atomic mass is 10.1. The third kappa shape index (κ3) is 3.35. The Balaban J connectivity index is 2.37. The molecule has 6 heteroatoms. The molecule has 2 aromatic rings. The highest BCUT2D eigenvalue weighted by Crippen LogP contribution is 2.28. The Kier molecular flexibility index (Phi) is 3.61. The lowest BCUT2D eigenvalue weighted by Crippen LogP contribution is -2.25. The number of nitrogens with two attached hydrogens (primary N) is 1. The molecule has 1 heterocycles. The van der Waals surface area contributed by atoms with E-state index < -0.39 is 9.84 Å². The highest BCUT2D eigenvalue weighted by Gasteiger charge is 2.13. The third-order valence-corrected chi connectivity index (χ3v) is 3.85. The van der Waals surface area contributed by atoms with Gasteiger partial charge in [0, 0.05) is 17.7 Å². The number of nitrogen functional groups attached to an aromatic ring is 1.